The van der Waals surface area contributed by atoms with Gasteiger partial charge in [-0.1, -0.05) is 0 Å². The first-order valence-electron chi connectivity index (χ1n) is 3.26. The molecule has 0 amide bonds. The van der Waals surface area contributed by atoms with Crippen LogP contribution in [0, 0.1) is 0 Å². The molecule has 2 aromatic heterocycles. The van der Waals surface area contributed by atoms with Crippen molar-refractivity contribution in [1.29, 1.82) is 0 Å². The highest BCUT2D eigenvalue weighted by Crippen LogP contribution is 2.10. The first kappa shape index (κ1) is 7.42. The summed E-state index contributed by atoms with van der Waals surface area (Å²) in [6, 6.07) is 1.76. The highest BCUT2D eigenvalue weighted by Gasteiger charge is 2.03. The summed E-state index contributed by atoms with van der Waals surface area (Å²) in [6.07, 6.45) is 3.96. The summed E-state index contributed by atoms with van der Waals surface area (Å²) in [5.41, 5.74) is 1.07. The second-order valence-electron chi connectivity index (χ2n) is 2.24. The molecule has 0 N–H and O–H groups in total. The van der Waals surface area contributed by atoms with E-state index in [0.717, 1.165) is 6.29 Å². The van der Waals surface area contributed by atoms with Gasteiger partial charge in [0.25, 0.3) is 0 Å². The van der Waals surface area contributed by atoms with Gasteiger partial charge < -0.3 is 0 Å². The molecule has 0 aliphatic carbocycles. The average Bonchev–Trinajstić information content (AvgIpc) is 2.46. The van der Waals surface area contributed by atoms with Gasteiger partial charge in [0.2, 0.25) is 0 Å². The van der Waals surface area contributed by atoms with E-state index in [1.165, 1.54) is 6.20 Å². The van der Waals surface area contributed by atoms with E-state index in [1.807, 2.05) is 0 Å². The number of aromatic nitrogens is 3. The van der Waals surface area contributed by atoms with Gasteiger partial charge in [-0.25, -0.2) is 9.50 Å². The fourth-order valence-corrected chi connectivity index (χ4v) is 1.23. The van der Waals surface area contributed by atoms with Crippen LogP contribution in [-0.4, -0.2) is 20.9 Å². The van der Waals surface area contributed by atoms with Gasteiger partial charge in [-0.05, 0) is 22.0 Å². The zero-order valence-electron chi connectivity index (χ0n) is 5.94. The van der Waals surface area contributed by atoms with Crippen LogP contribution >= 0.6 is 15.9 Å². The maximum absolute atomic E-state index is 10.5. The predicted molar refractivity (Wildman–Crippen MR) is 46.1 cm³/mol. The maximum Gasteiger partial charge on any atom is 0.166 e. The van der Waals surface area contributed by atoms with Gasteiger partial charge in [-0.2, -0.15) is 5.10 Å². The SMILES string of the molecule is O=Cc1cnn2ccc(Br)nc12. The zero-order chi connectivity index (χ0) is 8.55. The van der Waals surface area contributed by atoms with Gasteiger partial charge in [0, 0.05) is 6.20 Å². The number of nitrogens with zero attached hydrogens (tertiary/aromatic N) is 3. The number of fused-ring (bicyclic) bond motifs is 1. The third kappa shape index (κ3) is 1.02. The third-order valence-electron chi connectivity index (χ3n) is 1.49. The third-order valence-corrected chi connectivity index (χ3v) is 1.93. The quantitative estimate of drug-likeness (QED) is 0.543. The molecular formula is C7H4BrN3O. The number of rotatable bonds is 1. The minimum atomic E-state index is 0.497. The maximum atomic E-state index is 10.5. The van der Waals surface area contributed by atoms with Gasteiger partial charge in [-0.3, -0.25) is 4.79 Å². The molecule has 0 saturated heterocycles. The summed E-state index contributed by atoms with van der Waals surface area (Å²) in [7, 11) is 0. The summed E-state index contributed by atoms with van der Waals surface area (Å²) in [4.78, 5) is 14.6. The van der Waals surface area contributed by atoms with Crippen LogP contribution in [0.25, 0.3) is 5.65 Å². The molecule has 4 nitrogen and oxygen atoms in total. The van der Waals surface area contributed by atoms with Crippen LogP contribution in [0.2, 0.25) is 0 Å². The molecule has 0 radical (unpaired) electrons. The van der Waals surface area contributed by atoms with Crippen molar-refractivity contribution in [3.8, 4) is 0 Å². The number of halogens is 1. The van der Waals surface area contributed by atoms with Crippen molar-refractivity contribution in [2.24, 2.45) is 0 Å². The molecule has 0 atom stereocenters. The zero-order valence-corrected chi connectivity index (χ0v) is 7.52. The van der Waals surface area contributed by atoms with Crippen LogP contribution in [0.5, 0.6) is 0 Å². The van der Waals surface area contributed by atoms with E-state index >= 15 is 0 Å². The number of hydrogen-bond acceptors (Lipinski definition) is 3. The van der Waals surface area contributed by atoms with Crippen molar-refractivity contribution in [1.82, 2.24) is 14.6 Å². The topological polar surface area (TPSA) is 47.3 Å². The Bertz CT molecular complexity index is 437. The van der Waals surface area contributed by atoms with E-state index in [-0.39, 0.29) is 0 Å². The highest BCUT2D eigenvalue weighted by atomic mass is 79.9. The van der Waals surface area contributed by atoms with Crippen molar-refractivity contribution in [3.05, 3.63) is 28.6 Å². The number of aldehydes is 1. The molecular weight excluding hydrogens is 222 g/mol. The lowest BCUT2D eigenvalue weighted by molar-refractivity contribution is 0.112. The van der Waals surface area contributed by atoms with Crippen LogP contribution < -0.4 is 0 Å². The number of hydrogen-bond donors (Lipinski definition) is 0. The number of carbonyl (C=O) groups excluding carboxylic acids is 1. The fourth-order valence-electron chi connectivity index (χ4n) is 0.948. The van der Waals surface area contributed by atoms with Gasteiger partial charge in [0.15, 0.2) is 11.9 Å². The van der Waals surface area contributed by atoms with Crippen molar-refractivity contribution in [2.45, 2.75) is 0 Å². The van der Waals surface area contributed by atoms with Crippen molar-refractivity contribution in [3.63, 3.8) is 0 Å². The van der Waals surface area contributed by atoms with Crippen LogP contribution in [0.4, 0.5) is 0 Å². The lowest BCUT2D eigenvalue weighted by Gasteiger charge is -1.92. The first-order chi connectivity index (χ1) is 5.81. The van der Waals surface area contributed by atoms with Gasteiger partial charge >= 0.3 is 0 Å². The Labute approximate surface area is 76.4 Å². The van der Waals surface area contributed by atoms with Crippen LogP contribution in [0.15, 0.2) is 23.1 Å². The largest absolute Gasteiger partial charge is 0.298 e. The Morgan fingerprint density at radius 1 is 1.58 bits per heavy atom. The van der Waals surface area contributed by atoms with E-state index in [0.29, 0.717) is 15.8 Å². The normalized spacial score (nSPS) is 10.4. The molecule has 5 heteroatoms. The molecule has 0 spiro atoms. The molecule has 0 bridgehead atoms. The lowest BCUT2D eigenvalue weighted by Crippen LogP contribution is -1.90. The Morgan fingerprint density at radius 3 is 3.17 bits per heavy atom. The molecule has 0 aliphatic heterocycles. The standard InChI is InChI=1S/C7H4BrN3O/c8-6-1-2-11-7(10-6)5(4-12)3-9-11/h1-4H. The van der Waals surface area contributed by atoms with Crippen LogP contribution in [0.3, 0.4) is 0 Å². The second kappa shape index (κ2) is 2.67. The van der Waals surface area contributed by atoms with E-state index in [2.05, 4.69) is 26.0 Å². The molecule has 2 rings (SSSR count). The highest BCUT2D eigenvalue weighted by molar-refractivity contribution is 9.10. The summed E-state index contributed by atoms with van der Waals surface area (Å²) in [6.45, 7) is 0. The Balaban J connectivity index is 2.83. The fraction of sp³-hybridized carbons (Fsp3) is 0. The van der Waals surface area contributed by atoms with Crippen molar-refractivity contribution in [2.75, 3.05) is 0 Å². The Morgan fingerprint density at radius 2 is 2.42 bits per heavy atom. The monoisotopic (exact) mass is 225 g/mol. The average molecular weight is 226 g/mol. The minimum Gasteiger partial charge on any atom is -0.298 e. The summed E-state index contributed by atoms with van der Waals surface area (Å²) in [5, 5.41) is 3.93. The van der Waals surface area contributed by atoms with Gasteiger partial charge in [0.1, 0.15) is 4.60 Å². The van der Waals surface area contributed by atoms with Crippen molar-refractivity contribution < 1.29 is 4.79 Å². The summed E-state index contributed by atoms with van der Waals surface area (Å²) in [5.74, 6) is 0. The van der Waals surface area contributed by atoms with Crippen LogP contribution in [0.1, 0.15) is 10.4 Å². The molecule has 0 unspecified atom stereocenters. The summed E-state index contributed by atoms with van der Waals surface area (Å²) >= 11 is 3.21. The van der Waals surface area contributed by atoms with Crippen molar-refractivity contribution >= 4 is 27.9 Å². The van der Waals surface area contributed by atoms with Crippen LogP contribution in [-0.2, 0) is 0 Å². The van der Waals surface area contributed by atoms with E-state index in [1.54, 1.807) is 16.8 Å². The van der Waals surface area contributed by atoms with E-state index in [9.17, 15) is 4.79 Å². The lowest BCUT2D eigenvalue weighted by atomic mass is 10.4. The predicted octanol–water partition coefficient (Wildman–Crippen LogP) is 1.30. The molecule has 0 aliphatic rings. The smallest absolute Gasteiger partial charge is 0.166 e. The molecule has 2 heterocycles. The molecule has 12 heavy (non-hydrogen) atoms. The molecule has 60 valence electrons. The Kier molecular flexibility index (Phi) is 1.65. The Hall–Kier alpha value is -1.23. The molecule has 0 aromatic carbocycles. The molecule has 2 aromatic rings. The van der Waals surface area contributed by atoms with Gasteiger partial charge in [-0.15, -0.1) is 0 Å². The molecule has 0 saturated carbocycles. The summed E-state index contributed by atoms with van der Waals surface area (Å²) < 4.78 is 2.24. The second-order valence-corrected chi connectivity index (χ2v) is 3.05. The minimum absolute atomic E-state index is 0.497. The first-order valence-corrected chi connectivity index (χ1v) is 4.05. The van der Waals surface area contributed by atoms with E-state index < -0.39 is 0 Å². The number of carbonyl (C=O) groups is 1. The van der Waals surface area contributed by atoms with Gasteiger partial charge in [0.05, 0.1) is 11.8 Å². The molecule has 0 fully saturated rings. The van der Waals surface area contributed by atoms with E-state index in [4.69, 9.17) is 0 Å².